The summed E-state index contributed by atoms with van der Waals surface area (Å²) >= 11 is 0. The van der Waals surface area contributed by atoms with Crippen molar-refractivity contribution in [1.29, 1.82) is 0 Å². The largest absolute Gasteiger partial charge is 0.356 e. The fourth-order valence-electron chi connectivity index (χ4n) is 3.55. The molecule has 22 heavy (non-hydrogen) atoms. The van der Waals surface area contributed by atoms with Crippen molar-refractivity contribution in [2.75, 3.05) is 59.4 Å². The third-order valence-electron chi connectivity index (χ3n) is 5.27. The van der Waals surface area contributed by atoms with Gasteiger partial charge in [-0.3, -0.25) is 4.79 Å². The van der Waals surface area contributed by atoms with E-state index >= 15 is 0 Å². The van der Waals surface area contributed by atoms with E-state index in [9.17, 15) is 4.79 Å². The Morgan fingerprint density at radius 2 is 1.91 bits per heavy atom. The average Bonchev–Trinajstić information content (AvgIpc) is 2.54. The first kappa shape index (κ1) is 17.7. The molecule has 2 rings (SSSR count). The first-order valence-corrected chi connectivity index (χ1v) is 9.03. The molecule has 2 saturated heterocycles. The van der Waals surface area contributed by atoms with Crippen LogP contribution in [0, 0.1) is 11.8 Å². The van der Waals surface area contributed by atoms with E-state index in [1.165, 1.54) is 25.9 Å². The molecular formula is C17H34N4O. The Labute approximate surface area is 135 Å². The van der Waals surface area contributed by atoms with Crippen molar-refractivity contribution in [3.8, 4) is 0 Å². The molecule has 2 aliphatic rings. The maximum Gasteiger partial charge on any atom is 0.220 e. The van der Waals surface area contributed by atoms with E-state index in [4.69, 9.17) is 0 Å². The van der Waals surface area contributed by atoms with E-state index in [1.54, 1.807) is 0 Å². The van der Waals surface area contributed by atoms with Crippen molar-refractivity contribution < 1.29 is 4.79 Å². The standard InChI is InChI=1S/C17H34N4O/c1-15(16-4-7-18-8-5-16)14-17(22)19-6-3-9-21-12-10-20(2)11-13-21/h15-16,18H,3-14H2,1-2H3,(H,19,22). The summed E-state index contributed by atoms with van der Waals surface area (Å²) < 4.78 is 0. The Morgan fingerprint density at radius 3 is 2.59 bits per heavy atom. The number of carbonyl (C=O) groups excluding carboxylic acids is 1. The molecule has 5 nitrogen and oxygen atoms in total. The normalized spacial score (nSPS) is 23.4. The lowest BCUT2D eigenvalue weighted by molar-refractivity contribution is -0.122. The molecule has 2 heterocycles. The second-order valence-electron chi connectivity index (χ2n) is 7.12. The van der Waals surface area contributed by atoms with Gasteiger partial charge in [-0.05, 0) is 57.8 Å². The number of nitrogens with one attached hydrogen (secondary N) is 2. The molecule has 0 spiro atoms. The predicted octanol–water partition coefficient (Wildman–Crippen LogP) is 0.766. The Bertz CT molecular complexity index is 323. The first-order valence-electron chi connectivity index (χ1n) is 9.03. The maximum absolute atomic E-state index is 12.0. The zero-order valence-electron chi connectivity index (χ0n) is 14.4. The molecule has 2 fully saturated rings. The van der Waals surface area contributed by atoms with Crippen LogP contribution in [-0.2, 0) is 4.79 Å². The fourth-order valence-corrected chi connectivity index (χ4v) is 3.55. The number of likely N-dealkylation sites (N-methyl/N-ethyl adjacent to an activating group) is 1. The van der Waals surface area contributed by atoms with E-state index in [-0.39, 0.29) is 5.91 Å². The molecule has 0 radical (unpaired) electrons. The van der Waals surface area contributed by atoms with Crippen LogP contribution in [0.4, 0.5) is 0 Å². The van der Waals surface area contributed by atoms with Crippen LogP contribution in [0.2, 0.25) is 0 Å². The van der Waals surface area contributed by atoms with Gasteiger partial charge in [0.25, 0.3) is 0 Å². The lowest BCUT2D eigenvalue weighted by Crippen LogP contribution is -2.45. The minimum atomic E-state index is 0.240. The van der Waals surface area contributed by atoms with Crippen molar-refractivity contribution >= 4 is 5.91 Å². The molecule has 1 atom stereocenters. The number of hydrogen-bond donors (Lipinski definition) is 2. The quantitative estimate of drug-likeness (QED) is 0.682. The van der Waals surface area contributed by atoms with E-state index in [0.717, 1.165) is 51.6 Å². The van der Waals surface area contributed by atoms with Crippen molar-refractivity contribution in [2.24, 2.45) is 11.8 Å². The molecule has 1 amide bonds. The highest BCUT2D eigenvalue weighted by atomic mass is 16.1. The SMILES string of the molecule is CC(CC(=O)NCCCN1CCN(C)CC1)C1CCNCC1. The van der Waals surface area contributed by atoms with Gasteiger partial charge in [0.05, 0.1) is 0 Å². The minimum Gasteiger partial charge on any atom is -0.356 e. The Kier molecular flexibility index (Phi) is 7.63. The van der Waals surface area contributed by atoms with E-state index in [2.05, 4.69) is 34.4 Å². The number of hydrogen-bond acceptors (Lipinski definition) is 4. The van der Waals surface area contributed by atoms with Crippen LogP contribution in [-0.4, -0.2) is 75.1 Å². The van der Waals surface area contributed by atoms with Crippen LogP contribution in [0.1, 0.15) is 32.6 Å². The van der Waals surface area contributed by atoms with Gasteiger partial charge in [0, 0.05) is 39.1 Å². The topological polar surface area (TPSA) is 47.6 Å². The van der Waals surface area contributed by atoms with Gasteiger partial charge in [-0.15, -0.1) is 0 Å². The first-order chi connectivity index (χ1) is 10.6. The van der Waals surface area contributed by atoms with Gasteiger partial charge in [-0.1, -0.05) is 6.92 Å². The van der Waals surface area contributed by atoms with Gasteiger partial charge < -0.3 is 20.4 Å². The summed E-state index contributed by atoms with van der Waals surface area (Å²) in [7, 11) is 2.18. The number of piperazine rings is 1. The Hall–Kier alpha value is -0.650. The fraction of sp³-hybridized carbons (Fsp3) is 0.941. The van der Waals surface area contributed by atoms with Gasteiger partial charge in [0.1, 0.15) is 0 Å². The molecule has 128 valence electrons. The summed E-state index contributed by atoms with van der Waals surface area (Å²) in [5.74, 6) is 1.47. The van der Waals surface area contributed by atoms with Crippen molar-refractivity contribution in [1.82, 2.24) is 20.4 Å². The van der Waals surface area contributed by atoms with Crippen molar-refractivity contribution in [2.45, 2.75) is 32.6 Å². The van der Waals surface area contributed by atoms with Gasteiger partial charge in [-0.2, -0.15) is 0 Å². The summed E-state index contributed by atoms with van der Waals surface area (Å²) in [6, 6.07) is 0. The van der Waals surface area contributed by atoms with Crippen LogP contribution in [0.5, 0.6) is 0 Å². The number of nitrogens with zero attached hydrogens (tertiary/aromatic N) is 2. The van der Waals surface area contributed by atoms with Crippen molar-refractivity contribution in [3.05, 3.63) is 0 Å². The molecule has 2 aliphatic heterocycles. The molecule has 0 saturated carbocycles. The smallest absolute Gasteiger partial charge is 0.220 e. The highest BCUT2D eigenvalue weighted by molar-refractivity contribution is 5.76. The Morgan fingerprint density at radius 1 is 1.23 bits per heavy atom. The summed E-state index contributed by atoms with van der Waals surface area (Å²) in [5, 5.41) is 6.50. The van der Waals surface area contributed by atoms with Crippen LogP contribution in [0.25, 0.3) is 0 Å². The zero-order chi connectivity index (χ0) is 15.8. The predicted molar refractivity (Wildman–Crippen MR) is 90.9 cm³/mol. The van der Waals surface area contributed by atoms with Crippen LogP contribution in [0.15, 0.2) is 0 Å². The third-order valence-corrected chi connectivity index (χ3v) is 5.27. The number of carbonyl (C=O) groups is 1. The van der Waals surface area contributed by atoms with Gasteiger partial charge in [0.15, 0.2) is 0 Å². The van der Waals surface area contributed by atoms with Crippen LogP contribution < -0.4 is 10.6 Å². The molecule has 2 N–H and O–H groups in total. The lowest BCUT2D eigenvalue weighted by atomic mass is 9.84. The second-order valence-corrected chi connectivity index (χ2v) is 7.12. The minimum absolute atomic E-state index is 0.240. The lowest BCUT2D eigenvalue weighted by Gasteiger charge is -2.32. The molecule has 1 unspecified atom stereocenters. The van der Waals surface area contributed by atoms with E-state index in [1.807, 2.05) is 0 Å². The summed E-state index contributed by atoms with van der Waals surface area (Å²) in [5.41, 5.74) is 0. The third kappa shape index (κ3) is 6.23. The zero-order valence-corrected chi connectivity index (χ0v) is 14.4. The molecule has 0 aliphatic carbocycles. The summed E-state index contributed by atoms with van der Waals surface area (Å²) in [6.45, 7) is 11.1. The van der Waals surface area contributed by atoms with Gasteiger partial charge >= 0.3 is 0 Å². The monoisotopic (exact) mass is 310 g/mol. The molecule has 0 aromatic rings. The van der Waals surface area contributed by atoms with Crippen molar-refractivity contribution in [3.63, 3.8) is 0 Å². The maximum atomic E-state index is 12.0. The highest BCUT2D eigenvalue weighted by Gasteiger charge is 2.21. The molecular weight excluding hydrogens is 276 g/mol. The molecule has 5 heteroatoms. The molecule has 0 aromatic heterocycles. The number of piperidine rings is 1. The molecule has 0 bridgehead atoms. The van der Waals surface area contributed by atoms with Crippen LogP contribution >= 0.6 is 0 Å². The second kappa shape index (κ2) is 9.48. The van der Waals surface area contributed by atoms with E-state index in [0.29, 0.717) is 12.3 Å². The van der Waals surface area contributed by atoms with Gasteiger partial charge in [-0.25, -0.2) is 0 Å². The summed E-state index contributed by atoms with van der Waals surface area (Å²) in [6.07, 6.45) is 4.20. The van der Waals surface area contributed by atoms with E-state index < -0.39 is 0 Å². The van der Waals surface area contributed by atoms with Crippen LogP contribution in [0.3, 0.4) is 0 Å². The Balaban J connectivity index is 1.52. The van der Waals surface area contributed by atoms with Gasteiger partial charge in [0.2, 0.25) is 5.91 Å². The average molecular weight is 310 g/mol. The summed E-state index contributed by atoms with van der Waals surface area (Å²) in [4.78, 5) is 16.9. The molecule has 0 aromatic carbocycles. The number of amides is 1. The highest BCUT2D eigenvalue weighted by Crippen LogP contribution is 2.24. The number of rotatable bonds is 7.